The van der Waals surface area contributed by atoms with Gasteiger partial charge in [0.25, 0.3) is 0 Å². The maximum absolute atomic E-state index is 10.5. The summed E-state index contributed by atoms with van der Waals surface area (Å²) in [4.78, 5) is 20.9. The number of hydrogen-bond donors (Lipinski definition) is 0. The lowest BCUT2D eigenvalue weighted by atomic mass is 10.5. The lowest BCUT2D eigenvalue weighted by Crippen LogP contribution is -2.13. The molecule has 0 saturated heterocycles. The van der Waals surface area contributed by atoms with Crippen LogP contribution >= 0.6 is 46.7 Å². The Morgan fingerprint density at radius 3 is 1.62 bits per heavy atom. The van der Waals surface area contributed by atoms with Crippen molar-refractivity contribution in [3.05, 3.63) is 0 Å². The van der Waals surface area contributed by atoms with Gasteiger partial charge in [-0.25, -0.2) is 0 Å². The number of carbonyl (C=O) groups is 2. The highest BCUT2D eigenvalue weighted by Gasteiger charge is 2.20. The molecule has 0 heterocycles. The minimum absolute atomic E-state index is 0.213. The van der Waals surface area contributed by atoms with E-state index in [9.17, 15) is 9.59 Å². The van der Waals surface area contributed by atoms with Gasteiger partial charge in [-0.1, -0.05) is 0 Å². The lowest BCUT2D eigenvalue weighted by Gasteiger charge is -2.21. The molecule has 0 aromatic rings. The molecule has 2 nitrogen and oxygen atoms in total. The van der Waals surface area contributed by atoms with E-state index in [1.807, 2.05) is 13.8 Å². The second-order valence-electron chi connectivity index (χ2n) is 2.69. The van der Waals surface area contributed by atoms with Gasteiger partial charge < -0.3 is 0 Å². The van der Waals surface area contributed by atoms with E-state index in [2.05, 4.69) is 0 Å². The SMILES string of the molecule is CC(C)(SCC(=O)Cl)SCC(=O)Cl. The molecule has 0 fully saturated rings. The average Bonchev–Trinajstić information content (AvgIpc) is 1.98. The van der Waals surface area contributed by atoms with E-state index < -0.39 is 0 Å². The van der Waals surface area contributed by atoms with Crippen molar-refractivity contribution in [2.75, 3.05) is 11.5 Å². The van der Waals surface area contributed by atoms with Gasteiger partial charge in [0.2, 0.25) is 10.5 Å². The second-order valence-corrected chi connectivity index (χ2v) is 6.98. The van der Waals surface area contributed by atoms with Gasteiger partial charge in [-0.3, -0.25) is 9.59 Å². The minimum Gasteiger partial charge on any atom is -0.280 e. The molecule has 0 rings (SSSR count). The molecule has 0 amide bonds. The monoisotopic (exact) mass is 260 g/mol. The second kappa shape index (κ2) is 6.17. The largest absolute Gasteiger partial charge is 0.280 e. The van der Waals surface area contributed by atoms with Crippen molar-refractivity contribution >= 4 is 57.2 Å². The molecule has 6 heteroatoms. The van der Waals surface area contributed by atoms with Gasteiger partial charge in [-0.05, 0) is 37.0 Å². The molecule has 0 aromatic heterocycles. The average molecular weight is 261 g/mol. The third kappa shape index (κ3) is 8.94. The standard InChI is InChI=1S/C7H10Cl2O2S2/c1-7(2,12-3-5(8)10)13-4-6(9)11/h3-4H2,1-2H3. The Kier molecular flexibility index (Phi) is 6.46. The van der Waals surface area contributed by atoms with E-state index in [4.69, 9.17) is 23.2 Å². The molecular weight excluding hydrogens is 251 g/mol. The molecule has 0 aliphatic rings. The van der Waals surface area contributed by atoms with Gasteiger partial charge in [0.1, 0.15) is 0 Å². The van der Waals surface area contributed by atoms with Gasteiger partial charge in [-0.2, -0.15) is 0 Å². The summed E-state index contributed by atoms with van der Waals surface area (Å²) in [5.74, 6) is 0.496. The highest BCUT2D eigenvalue weighted by molar-refractivity contribution is 8.18. The van der Waals surface area contributed by atoms with E-state index in [0.717, 1.165) is 0 Å². The van der Waals surface area contributed by atoms with E-state index in [0.29, 0.717) is 0 Å². The van der Waals surface area contributed by atoms with E-state index >= 15 is 0 Å². The Bertz CT molecular complexity index is 187. The number of thioether (sulfide) groups is 2. The fourth-order valence-electron chi connectivity index (χ4n) is 0.503. The van der Waals surface area contributed by atoms with Crippen molar-refractivity contribution in [1.29, 1.82) is 0 Å². The molecule has 76 valence electrons. The van der Waals surface area contributed by atoms with Crippen LogP contribution in [0.1, 0.15) is 13.8 Å². The Hall–Kier alpha value is 0.620. The lowest BCUT2D eigenvalue weighted by molar-refractivity contribution is -0.110. The van der Waals surface area contributed by atoms with Gasteiger partial charge >= 0.3 is 0 Å². The molecule has 0 spiro atoms. The normalized spacial score (nSPS) is 11.4. The molecule has 0 unspecified atom stereocenters. The summed E-state index contributed by atoms with van der Waals surface area (Å²) in [5, 5.41) is -0.758. The first kappa shape index (κ1) is 13.6. The first-order valence-corrected chi connectivity index (χ1v) is 6.21. The maximum Gasteiger partial charge on any atom is 0.231 e. The predicted octanol–water partition coefficient (Wildman–Crippen LogP) is 2.72. The van der Waals surface area contributed by atoms with Crippen LogP contribution in [0.25, 0.3) is 0 Å². The highest BCUT2D eigenvalue weighted by atomic mass is 35.5. The smallest absolute Gasteiger partial charge is 0.231 e. The van der Waals surface area contributed by atoms with Crippen LogP contribution in [0.4, 0.5) is 0 Å². The summed E-state index contributed by atoms with van der Waals surface area (Å²) < 4.78 is -0.213. The van der Waals surface area contributed by atoms with Crippen molar-refractivity contribution in [2.45, 2.75) is 17.9 Å². The maximum atomic E-state index is 10.5. The van der Waals surface area contributed by atoms with E-state index in [1.54, 1.807) is 0 Å². The van der Waals surface area contributed by atoms with Crippen LogP contribution in [-0.4, -0.2) is 26.1 Å². The summed E-state index contributed by atoms with van der Waals surface area (Å²) in [7, 11) is 0. The summed E-state index contributed by atoms with van der Waals surface area (Å²) >= 11 is 13.2. The zero-order chi connectivity index (χ0) is 10.5. The predicted molar refractivity (Wildman–Crippen MR) is 60.7 cm³/mol. The third-order valence-corrected chi connectivity index (χ3v) is 4.56. The Balaban J connectivity index is 3.79. The summed E-state index contributed by atoms with van der Waals surface area (Å²) in [6, 6.07) is 0. The van der Waals surface area contributed by atoms with Crippen LogP contribution in [0.2, 0.25) is 0 Å². The fourth-order valence-corrected chi connectivity index (χ4v) is 2.44. The molecule has 0 saturated carbocycles. The molecule has 0 atom stereocenters. The molecule has 0 aromatic carbocycles. The topological polar surface area (TPSA) is 34.1 Å². The van der Waals surface area contributed by atoms with Crippen molar-refractivity contribution < 1.29 is 9.59 Å². The number of hydrogen-bond acceptors (Lipinski definition) is 4. The van der Waals surface area contributed by atoms with Crippen molar-refractivity contribution in [3.8, 4) is 0 Å². The molecule has 0 radical (unpaired) electrons. The van der Waals surface area contributed by atoms with Crippen LogP contribution in [0.15, 0.2) is 0 Å². The van der Waals surface area contributed by atoms with Crippen LogP contribution in [-0.2, 0) is 9.59 Å². The van der Waals surface area contributed by atoms with Crippen LogP contribution in [0, 0.1) is 0 Å². The number of halogens is 2. The molecular formula is C7H10Cl2O2S2. The Labute approximate surface area is 96.1 Å². The van der Waals surface area contributed by atoms with Crippen molar-refractivity contribution in [2.24, 2.45) is 0 Å². The zero-order valence-corrected chi connectivity index (χ0v) is 10.4. The minimum atomic E-state index is -0.379. The molecule has 0 bridgehead atoms. The van der Waals surface area contributed by atoms with Crippen LogP contribution in [0.3, 0.4) is 0 Å². The van der Waals surface area contributed by atoms with Crippen LogP contribution < -0.4 is 0 Å². The molecule has 13 heavy (non-hydrogen) atoms. The zero-order valence-electron chi connectivity index (χ0n) is 7.30. The summed E-state index contributed by atoms with van der Waals surface area (Å²) in [5.41, 5.74) is 0. The van der Waals surface area contributed by atoms with Gasteiger partial charge in [-0.15, -0.1) is 23.5 Å². The van der Waals surface area contributed by atoms with Crippen molar-refractivity contribution in [1.82, 2.24) is 0 Å². The first-order chi connectivity index (χ1) is 5.83. The van der Waals surface area contributed by atoms with Crippen molar-refractivity contribution in [3.63, 3.8) is 0 Å². The third-order valence-electron chi connectivity index (χ3n) is 1.07. The summed E-state index contributed by atoms with van der Waals surface area (Å²) in [6.45, 7) is 3.84. The molecule has 0 aliphatic carbocycles. The first-order valence-electron chi connectivity index (χ1n) is 3.48. The quantitative estimate of drug-likeness (QED) is 0.544. The van der Waals surface area contributed by atoms with E-state index in [1.165, 1.54) is 23.5 Å². The van der Waals surface area contributed by atoms with E-state index in [-0.39, 0.29) is 26.1 Å². The highest BCUT2D eigenvalue weighted by Crippen LogP contribution is 2.36. The Morgan fingerprint density at radius 1 is 1.08 bits per heavy atom. The van der Waals surface area contributed by atoms with Gasteiger partial charge in [0.15, 0.2) is 0 Å². The van der Waals surface area contributed by atoms with Gasteiger partial charge in [0, 0.05) is 0 Å². The molecule has 0 aliphatic heterocycles. The fraction of sp³-hybridized carbons (Fsp3) is 0.714. The summed E-state index contributed by atoms with van der Waals surface area (Å²) in [6.07, 6.45) is 0. The molecule has 0 N–H and O–H groups in total. The number of rotatable bonds is 6. The van der Waals surface area contributed by atoms with Gasteiger partial charge in [0.05, 0.1) is 15.6 Å². The van der Waals surface area contributed by atoms with Crippen LogP contribution in [0.5, 0.6) is 0 Å². The Morgan fingerprint density at radius 2 is 1.38 bits per heavy atom. The number of carbonyl (C=O) groups excluding carboxylic acids is 2.